The van der Waals surface area contributed by atoms with Crippen LogP contribution in [0.25, 0.3) is 0 Å². The van der Waals surface area contributed by atoms with Gasteiger partial charge in [0.2, 0.25) is 0 Å². The van der Waals surface area contributed by atoms with Gasteiger partial charge in [-0.05, 0) is 35.4 Å². The Morgan fingerprint density at radius 2 is 1.80 bits per heavy atom. The fourth-order valence-corrected chi connectivity index (χ4v) is 1.78. The molecule has 1 heterocycles. The number of benzene rings is 1. The summed E-state index contributed by atoms with van der Waals surface area (Å²) >= 11 is 11.7. The third-order valence-electron chi connectivity index (χ3n) is 2.14. The summed E-state index contributed by atoms with van der Waals surface area (Å²) in [5, 5.41) is 0.949. The van der Waals surface area contributed by atoms with Crippen LogP contribution in [0.2, 0.25) is 10.2 Å². The summed E-state index contributed by atoms with van der Waals surface area (Å²) in [7, 11) is 0. The SMILES string of the molecule is NC(c1ccc(Cl)o1)c1ccccc1Cl. The molecule has 0 aliphatic rings. The second kappa shape index (κ2) is 4.27. The van der Waals surface area contributed by atoms with Crippen molar-refractivity contribution in [2.45, 2.75) is 6.04 Å². The van der Waals surface area contributed by atoms with E-state index in [1.807, 2.05) is 18.2 Å². The quantitative estimate of drug-likeness (QED) is 0.873. The Kier molecular flexibility index (Phi) is 3.00. The largest absolute Gasteiger partial charge is 0.448 e. The summed E-state index contributed by atoms with van der Waals surface area (Å²) in [4.78, 5) is 0. The van der Waals surface area contributed by atoms with Gasteiger partial charge < -0.3 is 10.2 Å². The smallest absolute Gasteiger partial charge is 0.193 e. The van der Waals surface area contributed by atoms with E-state index in [1.165, 1.54) is 0 Å². The molecule has 2 aromatic rings. The van der Waals surface area contributed by atoms with Crippen LogP contribution in [0.3, 0.4) is 0 Å². The molecule has 0 aliphatic carbocycles. The zero-order chi connectivity index (χ0) is 10.8. The van der Waals surface area contributed by atoms with Crippen LogP contribution < -0.4 is 5.73 Å². The van der Waals surface area contributed by atoms with Crippen LogP contribution >= 0.6 is 23.2 Å². The zero-order valence-electron chi connectivity index (χ0n) is 7.78. The van der Waals surface area contributed by atoms with Crippen LogP contribution in [0, 0.1) is 0 Å². The molecule has 2 N–H and O–H groups in total. The van der Waals surface area contributed by atoms with Gasteiger partial charge in [0.15, 0.2) is 5.22 Å². The fraction of sp³-hybridized carbons (Fsp3) is 0.0909. The van der Waals surface area contributed by atoms with E-state index < -0.39 is 0 Å². The van der Waals surface area contributed by atoms with E-state index in [4.69, 9.17) is 33.4 Å². The Labute approximate surface area is 97.6 Å². The van der Waals surface area contributed by atoms with E-state index in [0.717, 1.165) is 5.56 Å². The predicted octanol–water partition coefficient (Wildman–Crippen LogP) is 3.63. The normalized spacial score (nSPS) is 12.7. The zero-order valence-corrected chi connectivity index (χ0v) is 9.29. The summed E-state index contributed by atoms with van der Waals surface area (Å²) < 4.78 is 5.24. The van der Waals surface area contributed by atoms with E-state index in [0.29, 0.717) is 16.0 Å². The minimum Gasteiger partial charge on any atom is -0.448 e. The van der Waals surface area contributed by atoms with Crippen LogP contribution in [0.5, 0.6) is 0 Å². The fourth-order valence-electron chi connectivity index (χ4n) is 1.38. The van der Waals surface area contributed by atoms with Crippen LogP contribution in [0.15, 0.2) is 40.8 Å². The summed E-state index contributed by atoms with van der Waals surface area (Å²) in [6.07, 6.45) is 0. The first-order chi connectivity index (χ1) is 7.18. The standard InChI is InChI=1S/C11H9Cl2NO/c12-8-4-2-1-3-7(8)11(14)9-5-6-10(13)15-9/h1-6,11H,14H2. The molecule has 1 unspecified atom stereocenters. The number of hydrogen-bond donors (Lipinski definition) is 1. The first-order valence-electron chi connectivity index (χ1n) is 4.43. The van der Waals surface area contributed by atoms with Gasteiger partial charge in [-0.2, -0.15) is 0 Å². The summed E-state index contributed by atoms with van der Waals surface area (Å²) in [6, 6.07) is 10.4. The molecule has 0 amide bonds. The molecule has 0 aliphatic heterocycles. The molecule has 1 atom stereocenters. The van der Waals surface area contributed by atoms with Gasteiger partial charge in [0.1, 0.15) is 5.76 Å². The van der Waals surface area contributed by atoms with Crippen molar-refractivity contribution in [3.63, 3.8) is 0 Å². The summed E-state index contributed by atoms with van der Waals surface area (Å²) in [5.41, 5.74) is 6.82. The lowest BCUT2D eigenvalue weighted by Crippen LogP contribution is -2.11. The lowest BCUT2D eigenvalue weighted by molar-refractivity contribution is 0.491. The van der Waals surface area contributed by atoms with Crippen molar-refractivity contribution < 1.29 is 4.42 Å². The molecule has 2 rings (SSSR count). The highest BCUT2D eigenvalue weighted by Crippen LogP contribution is 2.28. The van der Waals surface area contributed by atoms with Gasteiger partial charge in [-0.15, -0.1) is 0 Å². The number of rotatable bonds is 2. The lowest BCUT2D eigenvalue weighted by Gasteiger charge is -2.10. The average Bonchev–Trinajstić information content (AvgIpc) is 2.65. The molecule has 0 fully saturated rings. The Hall–Kier alpha value is -0.960. The van der Waals surface area contributed by atoms with Crippen molar-refractivity contribution in [3.05, 3.63) is 58.0 Å². The maximum absolute atomic E-state index is 6.02. The van der Waals surface area contributed by atoms with Gasteiger partial charge in [-0.3, -0.25) is 0 Å². The van der Waals surface area contributed by atoms with Crippen molar-refractivity contribution in [2.24, 2.45) is 5.73 Å². The van der Waals surface area contributed by atoms with E-state index >= 15 is 0 Å². The topological polar surface area (TPSA) is 39.2 Å². The maximum atomic E-state index is 6.02. The Morgan fingerprint density at radius 3 is 2.40 bits per heavy atom. The monoisotopic (exact) mass is 241 g/mol. The average molecular weight is 242 g/mol. The first-order valence-corrected chi connectivity index (χ1v) is 5.19. The van der Waals surface area contributed by atoms with Gasteiger partial charge in [0, 0.05) is 5.02 Å². The molecular weight excluding hydrogens is 233 g/mol. The van der Waals surface area contributed by atoms with Gasteiger partial charge in [0.05, 0.1) is 6.04 Å². The first kappa shape index (κ1) is 10.6. The maximum Gasteiger partial charge on any atom is 0.193 e. The Bertz CT molecular complexity index is 467. The van der Waals surface area contributed by atoms with Crippen LogP contribution in [-0.2, 0) is 0 Å². The predicted molar refractivity (Wildman–Crippen MR) is 61.2 cm³/mol. The number of halogens is 2. The van der Waals surface area contributed by atoms with E-state index in [1.54, 1.807) is 18.2 Å². The molecule has 15 heavy (non-hydrogen) atoms. The molecule has 0 spiro atoms. The highest BCUT2D eigenvalue weighted by molar-refractivity contribution is 6.31. The van der Waals surface area contributed by atoms with Crippen LogP contribution in [0.4, 0.5) is 0 Å². The van der Waals surface area contributed by atoms with Crippen molar-refractivity contribution in [3.8, 4) is 0 Å². The third kappa shape index (κ3) is 2.17. The van der Waals surface area contributed by atoms with Gasteiger partial charge in [-0.1, -0.05) is 29.8 Å². The molecular formula is C11H9Cl2NO. The number of hydrogen-bond acceptors (Lipinski definition) is 2. The summed E-state index contributed by atoms with van der Waals surface area (Å²) in [6.45, 7) is 0. The van der Waals surface area contributed by atoms with Crippen LogP contribution in [0.1, 0.15) is 17.4 Å². The van der Waals surface area contributed by atoms with E-state index in [2.05, 4.69) is 0 Å². The molecule has 78 valence electrons. The molecule has 2 nitrogen and oxygen atoms in total. The lowest BCUT2D eigenvalue weighted by atomic mass is 10.1. The van der Waals surface area contributed by atoms with Crippen LogP contribution in [-0.4, -0.2) is 0 Å². The highest BCUT2D eigenvalue weighted by Gasteiger charge is 2.15. The highest BCUT2D eigenvalue weighted by atomic mass is 35.5. The molecule has 4 heteroatoms. The third-order valence-corrected chi connectivity index (χ3v) is 2.69. The molecule has 1 aromatic carbocycles. The summed E-state index contributed by atoms with van der Waals surface area (Å²) in [5.74, 6) is 0.605. The molecule has 0 saturated carbocycles. The molecule has 0 bridgehead atoms. The number of furan rings is 1. The van der Waals surface area contributed by atoms with Gasteiger partial charge in [0.25, 0.3) is 0 Å². The van der Waals surface area contributed by atoms with Crippen molar-refractivity contribution in [1.29, 1.82) is 0 Å². The second-order valence-electron chi connectivity index (χ2n) is 3.14. The minimum atomic E-state index is -0.383. The van der Waals surface area contributed by atoms with Gasteiger partial charge in [-0.25, -0.2) is 0 Å². The van der Waals surface area contributed by atoms with E-state index in [-0.39, 0.29) is 6.04 Å². The number of nitrogens with two attached hydrogens (primary N) is 1. The Morgan fingerprint density at radius 1 is 1.07 bits per heavy atom. The second-order valence-corrected chi connectivity index (χ2v) is 3.92. The van der Waals surface area contributed by atoms with Gasteiger partial charge >= 0.3 is 0 Å². The van der Waals surface area contributed by atoms with Crippen molar-refractivity contribution in [1.82, 2.24) is 0 Å². The minimum absolute atomic E-state index is 0.326. The molecule has 0 saturated heterocycles. The van der Waals surface area contributed by atoms with E-state index in [9.17, 15) is 0 Å². The van der Waals surface area contributed by atoms with Crippen molar-refractivity contribution >= 4 is 23.2 Å². The molecule has 1 aromatic heterocycles. The molecule has 0 radical (unpaired) electrons. The van der Waals surface area contributed by atoms with Crippen molar-refractivity contribution in [2.75, 3.05) is 0 Å². The Balaban J connectivity index is 2.36.